The van der Waals surface area contributed by atoms with Gasteiger partial charge in [-0.3, -0.25) is 4.57 Å². The summed E-state index contributed by atoms with van der Waals surface area (Å²) in [5.41, 5.74) is 9.61. The van der Waals surface area contributed by atoms with Crippen molar-refractivity contribution in [3.8, 4) is 5.69 Å². The van der Waals surface area contributed by atoms with E-state index < -0.39 is 0 Å². The van der Waals surface area contributed by atoms with E-state index in [0.717, 1.165) is 22.4 Å². The molecule has 3 aromatic rings. The van der Waals surface area contributed by atoms with Crippen LogP contribution in [0.25, 0.3) is 16.7 Å². The number of aromatic nitrogens is 3. The molecule has 0 fully saturated rings. The third-order valence-corrected chi connectivity index (χ3v) is 2.79. The van der Waals surface area contributed by atoms with Gasteiger partial charge in [-0.05, 0) is 31.2 Å². The molecule has 1 aromatic carbocycles. The summed E-state index contributed by atoms with van der Waals surface area (Å²) < 4.78 is 2.02. The number of para-hydroxylation sites is 2. The largest absolute Gasteiger partial charge is 0.384 e. The second kappa shape index (κ2) is 3.59. The van der Waals surface area contributed by atoms with Gasteiger partial charge < -0.3 is 5.73 Å². The number of fused-ring (bicyclic) bond motifs is 1. The van der Waals surface area contributed by atoms with Crippen LogP contribution in [0.1, 0.15) is 5.69 Å². The van der Waals surface area contributed by atoms with Crippen LogP contribution < -0.4 is 5.73 Å². The normalized spacial score (nSPS) is 10.9. The van der Waals surface area contributed by atoms with Crippen LogP contribution in [-0.4, -0.2) is 14.5 Å². The number of imidazole rings is 1. The summed E-state index contributed by atoms with van der Waals surface area (Å²) in [4.78, 5) is 8.63. The van der Waals surface area contributed by atoms with Crippen molar-refractivity contribution in [2.75, 3.05) is 5.73 Å². The van der Waals surface area contributed by atoms with Gasteiger partial charge in [0.2, 0.25) is 0 Å². The van der Waals surface area contributed by atoms with Crippen molar-refractivity contribution < 1.29 is 0 Å². The Morgan fingerprint density at radius 1 is 1.12 bits per heavy atom. The highest BCUT2D eigenvalue weighted by molar-refractivity contribution is 5.77. The number of nitrogens with two attached hydrogens (primary N) is 1. The number of aryl methyl sites for hydroxylation is 1. The number of pyridine rings is 1. The van der Waals surface area contributed by atoms with Crippen LogP contribution in [0.4, 0.5) is 5.82 Å². The van der Waals surface area contributed by atoms with Gasteiger partial charge in [0.25, 0.3) is 0 Å². The lowest BCUT2D eigenvalue weighted by Gasteiger charge is -2.07. The lowest BCUT2D eigenvalue weighted by molar-refractivity contribution is 1.04. The average molecular weight is 224 g/mol. The summed E-state index contributed by atoms with van der Waals surface area (Å²) in [7, 11) is 0. The number of nitrogen functional groups attached to an aromatic ring is 1. The van der Waals surface area contributed by atoms with Gasteiger partial charge in [0.1, 0.15) is 12.1 Å². The first-order valence-electron chi connectivity index (χ1n) is 5.41. The first-order valence-corrected chi connectivity index (χ1v) is 5.41. The van der Waals surface area contributed by atoms with E-state index in [1.54, 1.807) is 6.07 Å². The SMILES string of the molecule is Cc1nc(N)ccc1-n1cnc2ccccc21. The molecule has 0 aliphatic heterocycles. The molecule has 2 heterocycles. The summed E-state index contributed by atoms with van der Waals surface area (Å²) in [6, 6.07) is 11.8. The predicted molar refractivity (Wildman–Crippen MR) is 68.0 cm³/mol. The highest BCUT2D eigenvalue weighted by Gasteiger charge is 2.06. The molecule has 84 valence electrons. The zero-order chi connectivity index (χ0) is 11.8. The van der Waals surface area contributed by atoms with Gasteiger partial charge in [-0.25, -0.2) is 9.97 Å². The first kappa shape index (κ1) is 9.84. The van der Waals surface area contributed by atoms with E-state index in [2.05, 4.69) is 9.97 Å². The van der Waals surface area contributed by atoms with Gasteiger partial charge in [0, 0.05) is 0 Å². The van der Waals surface area contributed by atoms with E-state index in [0.29, 0.717) is 5.82 Å². The quantitative estimate of drug-likeness (QED) is 0.690. The predicted octanol–water partition coefficient (Wildman–Crippen LogP) is 2.31. The maximum absolute atomic E-state index is 5.66. The molecule has 2 N–H and O–H groups in total. The van der Waals surface area contributed by atoms with Crippen molar-refractivity contribution in [1.82, 2.24) is 14.5 Å². The zero-order valence-electron chi connectivity index (χ0n) is 9.46. The molecule has 0 bridgehead atoms. The second-order valence-corrected chi connectivity index (χ2v) is 3.94. The molecular formula is C13H12N4. The monoisotopic (exact) mass is 224 g/mol. The topological polar surface area (TPSA) is 56.7 Å². The standard InChI is InChI=1S/C13H12N4/c1-9-11(6-7-13(14)16-9)17-8-15-10-4-2-3-5-12(10)17/h2-8H,1H3,(H2,14,16). The zero-order valence-corrected chi connectivity index (χ0v) is 9.46. The minimum Gasteiger partial charge on any atom is -0.384 e. The van der Waals surface area contributed by atoms with Crippen LogP contribution in [0.3, 0.4) is 0 Å². The smallest absolute Gasteiger partial charge is 0.123 e. The molecule has 4 nitrogen and oxygen atoms in total. The van der Waals surface area contributed by atoms with E-state index in [9.17, 15) is 0 Å². The van der Waals surface area contributed by atoms with Gasteiger partial charge in [-0.2, -0.15) is 0 Å². The molecule has 0 unspecified atom stereocenters. The van der Waals surface area contributed by atoms with Gasteiger partial charge in [0.15, 0.2) is 0 Å². The summed E-state index contributed by atoms with van der Waals surface area (Å²) in [6.07, 6.45) is 1.81. The second-order valence-electron chi connectivity index (χ2n) is 3.94. The van der Waals surface area contributed by atoms with E-state index in [1.807, 2.05) is 48.1 Å². The summed E-state index contributed by atoms with van der Waals surface area (Å²) in [5, 5.41) is 0. The molecule has 0 aliphatic carbocycles. The Balaban J connectivity index is 2.27. The van der Waals surface area contributed by atoms with Gasteiger partial charge in [-0.1, -0.05) is 12.1 Å². The van der Waals surface area contributed by atoms with Crippen LogP contribution in [0, 0.1) is 6.92 Å². The molecule has 3 rings (SSSR count). The Bertz CT molecular complexity index is 685. The van der Waals surface area contributed by atoms with Gasteiger partial charge >= 0.3 is 0 Å². The highest BCUT2D eigenvalue weighted by atomic mass is 15.1. The molecular weight excluding hydrogens is 212 g/mol. The highest BCUT2D eigenvalue weighted by Crippen LogP contribution is 2.20. The van der Waals surface area contributed by atoms with Crippen LogP contribution in [0.5, 0.6) is 0 Å². The molecule has 0 spiro atoms. The van der Waals surface area contributed by atoms with Crippen LogP contribution in [0.15, 0.2) is 42.7 Å². The van der Waals surface area contributed by atoms with E-state index in [1.165, 1.54) is 0 Å². The Hall–Kier alpha value is -2.36. The van der Waals surface area contributed by atoms with Gasteiger partial charge in [-0.15, -0.1) is 0 Å². The number of hydrogen-bond acceptors (Lipinski definition) is 3. The molecule has 0 aliphatic rings. The molecule has 4 heteroatoms. The van der Waals surface area contributed by atoms with Crippen LogP contribution in [0.2, 0.25) is 0 Å². The van der Waals surface area contributed by atoms with Crippen molar-refractivity contribution >= 4 is 16.9 Å². The van der Waals surface area contributed by atoms with E-state index in [4.69, 9.17) is 5.73 Å². The molecule has 0 saturated heterocycles. The molecule has 0 amide bonds. The number of rotatable bonds is 1. The molecule has 17 heavy (non-hydrogen) atoms. The van der Waals surface area contributed by atoms with Crippen LogP contribution >= 0.6 is 0 Å². The Morgan fingerprint density at radius 2 is 1.94 bits per heavy atom. The Morgan fingerprint density at radius 3 is 2.76 bits per heavy atom. The van der Waals surface area contributed by atoms with E-state index >= 15 is 0 Å². The number of benzene rings is 1. The molecule has 0 saturated carbocycles. The third-order valence-electron chi connectivity index (χ3n) is 2.79. The summed E-state index contributed by atoms with van der Waals surface area (Å²) >= 11 is 0. The number of anilines is 1. The molecule has 0 radical (unpaired) electrons. The van der Waals surface area contributed by atoms with Crippen molar-refractivity contribution in [1.29, 1.82) is 0 Å². The maximum atomic E-state index is 5.66. The van der Waals surface area contributed by atoms with E-state index in [-0.39, 0.29) is 0 Å². The molecule has 0 atom stereocenters. The number of nitrogens with zero attached hydrogens (tertiary/aromatic N) is 3. The Kier molecular flexibility index (Phi) is 2.08. The molecule has 2 aromatic heterocycles. The summed E-state index contributed by atoms with van der Waals surface area (Å²) in [6.45, 7) is 1.94. The lowest BCUT2D eigenvalue weighted by atomic mass is 10.2. The fraction of sp³-hybridized carbons (Fsp3) is 0.0769. The maximum Gasteiger partial charge on any atom is 0.123 e. The van der Waals surface area contributed by atoms with Crippen molar-refractivity contribution in [2.45, 2.75) is 6.92 Å². The minimum atomic E-state index is 0.538. The van der Waals surface area contributed by atoms with Crippen molar-refractivity contribution in [3.63, 3.8) is 0 Å². The van der Waals surface area contributed by atoms with Gasteiger partial charge in [0.05, 0.1) is 22.4 Å². The minimum absolute atomic E-state index is 0.538. The third kappa shape index (κ3) is 1.54. The summed E-state index contributed by atoms with van der Waals surface area (Å²) in [5.74, 6) is 0.538. The van der Waals surface area contributed by atoms with Crippen molar-refractivity contribution in [3.05, 3.63) is 48.4 Å². The lowest BCUT2D eigenvalue weighted by Crippen LogP contribution is -2.00. The number of hydrogen-bond donors (Lipinski definition) is 1. The van der Waals surface area contributed by atoms with Crippen LogP contribution in [-0.2, 0) is 0 Å². The fourth-order valence-electron chi connectivity index (χ4n) is 1.98. The first-order chi connectivity index (χ1) is 8.25. The van der Waals surface area contributed by atoms with Crippen molar-refractivity contribution in [2.24, 2.45) is 0 Å². The average Bonchev–Trinajstić information content (AvgIpc) is 2.73. The fourth-order valence-corrected chi connectivity index (χ4v) is 1.98. The Labute approximate surface area is 98.7 Å².